The highest BCUT2D eigenvalue weighted by atomic mass is 28.4. The molecule has 1 fully saturated rings. The first kappa shape index (κ1) is 29.2. The van der Waals surface area contributed by atoms with Crippen molar-refractivity contribution in [2.24, 2.45) is 5.92 Å². The van der Waals surface area contributed by atoms with Gasteiger partial charge in [0, 0.05) is 6.61 Å². The van der Waals surface area contributed by atoms with Gasteiger partial charge in [-0.15, -0.1) is 0 Å². The van der Waals surface area contributed by atoms with Crippen LogP contribution in [0.15, 0.2) is 91.0 Å². The number of carboxylic acid groups (broad SMARTS) is 1. The van der Waals surface area contributed by atoms with Crippen LogP contribution in [-0.4, -0.2) is 55.5 Å². The lowest BCUT2D eigenvalue weighted by Gasteiger charge is -2.43. The van der Waals surface area contributed by atoms with Gasteiger partial charge < -0.3 is 14.3 Å². The van der Waals surface area contributed by atoms with Gasteiger partial charge in [-0.25, -0.2) is 9.69 Å². The summed E-state index contributed by atoms with van der Waals surface area (Å²) in [5.41, 5.74) is 0.966. The molecule has 0 bridgehead atoms. The van der Waals surface area contributed by atoms with Gasteiger partial charge in [0.25, 0.3) is 8.32 Å². The number of aliphatic carboxylic acids is 1. The van der Waals surface area contributed by atoms with Crippen molar-refractivity contribution in [2.75, 3.05) is 13.2 Å². The number of ether oxygens (including phenoxy) is 1. The summed E-state index contributed by atoms with van der Waals surface area (Å²) in [4.78, 5) is 39.3. The third-order valence-corrected chi connectivity index (χ3v) is 12.5. The lowest BCUT2D eigenvalue weighted by molar-refractivity contribution is -0.144. The lowest BCUT2D eigenvalue weighted by atomic mass is 9.98. The van der Waals surface area contributed by atoms with E-state index in [0.29, 0.717) is 6.42 Å². The van der Waals surface area contributed by atoms with Gasteiger partial charge in [0.1, 0.15) is 6.61 Å². The van der Waals surface area contributed by atoms with Crippen LogP contribution in [0, 0.1) is 5.92 Å². The standard InChI is InChI=1S/C32H37NO6Si/c1-32(2,3)40(27-15-9-5-10-16-27,28-17-11-6-12-18-28)39-20-19-25(22-29(34)35)30(36)33-26(23-38-31(33)37)21-24-13-7-4-8-14-24/h4-18,25-26H,19-23H2,1-3H3,(H,34,35). The molecule has 1 aliphatic rings. The fraction of sp³-hybridized carbons (Fsp3) is 0.344. The molecular weight excluding hydrogens is 522 g/mol. The zero-order valence-corrected chi connectivity index (χ0v) is 24.3. The second-order valence-electron chi connectivity index (χ2n) is 11.2. The van der Waals surface area contributed by atoms with Crippen molar-refractivity contribution in [2.45, 2.75) is 51.1 Å². The van der Waals surface area contributed by atoms with Gasteiger partial charge in [-0.3, -0.25) is 9.59 Å². The first-order chi connectivity index (χ1) is 19.1. The summed E-state index contributed by atoms with van der Waals surface area (Å²) in [7, 11) is -2.86. The molecule has 3 aromatic carbocycles. The number of nitrogens with zero attached hydrogens (tertiary/aromatic N) is 1. The van der Waals surface area contributed by atoms with Crippen LogP contribution in [0.1, 0.15) is 39.2 Å². The van der Waals surface area contributed by atoms with Gasteiger partial charge >= 0.3 is 12.1 Å². The summed E-state index contributed by atoms with van der Waals surface area (Å²) in [5.74, 6) is -2.56. The Balaban J connectivity index is 1.59. The summed E-state index contributed by atoms with van der Waals surface area (Å²) in [6.45, 7) is 6.73. The number of cyclic esters (lactones) is 1. The largest absolute Gasteiger partial charge is 0.481 e. The van der Waals surface area contributed by atoms with Crippen LogP contribution >= 0.6 is 0 Å². The van der Waals surface area contributed by atoms with Gasteiger partial charge in [-0.2, -0.15) is 0 Å². The Labute approximate surface area is 236 Å². The summed E-state index contributed by atoms with van der Waals surface area (Å²) in [6, 6.07) is 29.3. The first-order valence-corrected chi connectivity index (χ1v) is 15.5. The third kappa shape index (κ3) is 6.34. The van der Waals surface area contributed by atoms with Crippen molar-refractivity contribution in [1.82, 2.24) is 4.90 Å². The summed E-state index contributed by atoms with van der Waals surface area (Å²) >= 11 is 0. The maximum absolute atomic E-state index is 13.7. The van der Waals surface area contributed by atoms with E-state index in [9.17, 15) is 19.5 Å². The molecular formula is C32H37NO6Si. The van der Waals surface area contributed by atoms with E-state index in [-0.39, 0.29) is 24.7 Å². The predicted molar refractivity (Wildman–Crippen MR) is 156 cm³/mol. The highest BCUT2D eigenvalue weighted by Gasteiger charge is 2.50. The molecule has 40 heavy (non-hydrogen) atoms. The quantitative estimate of drug-likeness (QED) is 0.344. The molecule has 8 heteroatoms. The van der Waals surface area contributed by atoms with E-state index in [1.807, 2.05) is 66.7 Å². The first-order valence-electron chi connectivity index (χ1n) is 13.6. The number of amides is 2. The van der Waals surface area contributed by atoms with Gasteiger partial charge in [0.15, 0.2) is 0 Å². The van der Waals surface area contributed by atoms with Crippen molar-refractivity contribution in [3.05, 3.63) is 96.6 Å². The van der Waals surface area contributed by atoms with Gasteiger partial charge in [0.05, 0.1) is 18.4 Å². The molecule has 2 unspecified atom stereocenters. The summed E-state index contributed by atoms with van der Waals surface area (Å²) in [6.07, 6.45) is -0.520. The second kappa shape index (κ2) is 12.6. The van der Waals surface area contributed by atoms with E-state index in [1.165, 1.54) is 0 Å². The molecule has 1 N–H and O–H groups in total. The van der Waals surface area contributed by atoms with Crippen molar-refractivity contribution in [3.8, 4) is 0 Å². The minimum atomic E-state index is -2.86. The summed E-state index contributed by atoms with van der Waals surface area (Å²) in [5, 5.41) is 11.6. The molecule has 3 aromatic rings. The second-order valence-corrected chi connectivity index (χ2v) is 15.5. The van der Waals surface area contributed by atoms with E-state index in [1.54, 1.807) is 0 Å². The van der Waals surface area contributed by atoms with Crippen molar-refractivity contribution in [3.63, 3.8) is 0 Å². The number of hydrogen-bond donors (Lipinski definition) is 1. The minimum absolute atomic E-state index is 0.0812. The van der Waals surface area contributed by atoms with Gasteiger partial charge in [0.2, 0.25) is 5.91 Å². The van der Waals surface area contributed by atoms with Crippen LogP contribution in [0.3, 0.4) is 0 Å². The number of carbonyl (C=O) groups excluding carboxylic acids is 2. The zero-order chi connectivity index (χ0) is 28.8. The lowest BCUT2D eigenvalue weighted by Crippen LogP contribution is -2.66. The molecule has 0 radical (unpaired) electrons. The molecule has 7 nitrogen and oxygen atoms in total. The van der Waals surface area contributed by atoms with Crippen LogP contribution in [0.5, 0.6) is 0 Å². The number of imide groups is 1. The predicted octanol–water partition coefficient (Wildman–Crippen LogP) is 4.63. The molecule has 0 spiro atoms. The number of benzene rings is 3. The maximum atomic E-state index is 13.7. The molecule has 1 aliphatic heterocycles. The molecule has 2 amide bonds. The number of carbonyl (C=O) groups is 3. The van der Waals surface area contributed by atoms with Gasteiger partial charge in [-0.1, -0.05) is 112 Å². The monoisotopic (exact) mass is 559 g/mol. The Morgan fingerprint density at radius 2 is 1.48 bits per heavy atom. The minimum Gasteiger partial charge on any atom is -0.481 e. The smallest absolute Gasteiger partial charge is 0.416 e. The average molecular weight is 560 g/mol. The highest BCUT2D eigenvalue weighted by molar-refractivity contribution is 6.99. The van der Waals surface area contributed by atoms with E-state index in [0.717, 1.165) is 20.8 Å². The molecule has 1 saturated heterocycles. The van der Waals surface area contributed by atoms with Crippen molar-refractivity contribution in [1.29, 1.82) is 0 Å². The van der Waals surface area contributed by atoms with Crippen LogP contribution < -0.4 is 10.4 Å². The Bertz CT molecular complexity index is 1250. The normalized spacial score (nSPS) is 16.4. The topological polar surface area (TPSA) is 93.1 Å². The molecule has 1 heterocycles. The van der Waals surface area contributed by atoms with Crippen LogP contribution in [0.2, 0.25) is 5.04 Å². The zero-order valence-electron chi connectivity index (χ0n) is 23.3. The molecule has 4 rings (SSSR count). The maximum Gasteiger partial charge on any atom is 0.416 e. The van der Waals surface area contributed by atoms with Crippen LogP contribution in [-0.2, 0) is 25.2 Å². The number of rotatable bonds is 11. The van der Waals surface area contributed by atoms with E-state index in [4.69, 9.17) is 9.16 Å². The number of carboxylic acids is 1. The summed E-state index contributed by atoms with van der Waals surface area (Å²) < 4.78 is 12.1. The fourth-order valence-corrected chi connectivity index (χ4v) is 10.2. The average Bonchev–Trinajstić information content (AvgIpc) is 3.30. The number of hydrogen-bond acceptors (Lipinski definition) is 5. The van der Waals surface area contributed by atoms with Crippen molar-refractivity contribution < 1.29 is 28.7 Å². The van der Waals surface area contributed by atoms with E-state index in [2.05, 4.69) is 45.0 Å². The fourth-order valence-electron chi connectivity index (χ4n) is 5.60. The Morgan fingerprint density at radius 1 is 0.950 bits per heavy atom. The Morgan fingerprint density at radius 3 is 1.98 bits per heavy atom. The Kier molecular flexibility index (Phi) is 9.22. The molecule has 0 aromatic heterocycles. The Hall–Kier alpha value is -3.75. The SMILES string of the molecule is CC(C)(C)[Si](OCCC(CC(=O)O)C(=O)N1C(=O)OCC1Cc1ccccc1)(c1ccccc1)c1ccccc1. The van der Waals surface area contributed by atoms with E-state index >= 15 is 0 Å². The van der Waals surface area contributed by atoms with Crippen molar-refractivity contribution >= 4 is 36.7 Å². The molecule has 210 valence electrons. The van der Waals surface area contributed by atoms with Crippen LogP contribution in [0.4, 0.5) is 4.79 Å². The van der Waals surface area contributed by atoms with Crippen LogP contribution in [0.25, 0.3) is 0 Å². The molecule has 0 aliphatic carbocycles. The third-order valence-electron chi connectivity index (χ3n) is 7.48. The van der Waals surface area contributed by atoms with E-state index < -0.39 is 44.7 Å². The molecule has 0 saturated carbocycles. The molecule has 2 atom stereocenters. The van der Waals surface area contributed by atoms with Gasteiger partial charge in [-0.05, 0) is 33.8 Å². The highest BCUT2D eigenvalue weighted by Crippen LogP contribution is 2.37.